The van der Waals surface area contributed by atoms with Crippen LogP contribution in [0.4, 0.5) is 0 Å². The molecule has 1 heterocycles. The van der Waals surface area contributed by atoms with E-state index in [1.165, 1.54) is 26.9 Å². The highest BCUT2D eigenvalue weighted by Crippen LogP contribution is 2.28. The standard InChI is InChI=1S/C18H20N2S/c1-13(19)9-15-11-20-18-8-7-16(10-17(15)18)21-12-14-5-3-2-4-6-14/h2-8,10-11,13,20H,9,12,19H2,1H3. The van der Waals surface area contributed by atoms with Gasteiger partial charge in [0.05, 0.1) is 0 Å². The molecule has 3 heteroatoms. The first-order valence-electron chi connectivity index (χ1n) is 7.24. The summed E-state index contributed by atoms with van der Waals surface area (Å²) in [4.78, 5) is 4.63. The second kappa shape index (κ2) is 6.37. The summed E-state index contributed by atoms with van der Waals surface area (Å²) in [6, 6.07) is 17.4. The van der Waals surface area contributed by atoms with Crippen LogP contribution in [0, 0.1) is 0 Å². The predicted molar refractivity (Wildman–Crippen MR) is 91.7 cm³/mol. The summed E-state index contributed by atoms with van der Waals surface area (Å²) in [6.45, 7) is 2.05. The van der Waals surface area contributed by atoms with E-state index in [2.05, 4.69) is 59.7 Å². The van der Waals surface area contributed by atoms with Crippen molar-refractivity contribution in [2.24, 2.45) is 5.73 Å². The van der Waals surface area contributed by atoms with Gasteiger partial charge in [-0.05, 0) is 42.7 Å². The highest BCUT2D eigenvalue weighted by atomic mass is 32.2. The summed E-state index contributed by atoms with van der Waals surface area (Å²) < 4.78 is 0. The number of benzene rings is 2. The van der Waals surface area contributed by atoms with Gasteiger partial charge >= 0.3 is 0 Å². The largest absolute Gasteiger partial charge is 0.361 e. The number of nitrogens with two attached hydrogens (primary N) is 1. The lowest BCUT2D eigenvalue weighted by Crippen LogP contribution is -2.17. The third-order valence-electron chi connectivity index (χ3n) is 3.53. The minimum absolute atomic E-state index is 0.185. The van der Waals surface area contributed by atoms with Crippen molar-refractivity contribution in [2.45, 2.75) is 30.0 Å². The quantitative estimate of drug-likeness (QED) is 0.687. The van der Waals surface area contributed by atoms with E-state index in [0.717, 1.165) is 12.2 Å². The summed E-state index contributed by atoms with van der Waals surface area (Å²) in [6.07, 6.45) is 2.99. The Kier molecular flexibility index (Phi) is 4.32. The lowest BCUT2D eigenvalue weighted by molar-refractivity contribution is 0.741. The van der Waals surface area contributed by atoms with E-state index < -0.39 is 0 Å². The lowest BCUT2D eigenvalue weighted by atomic mass is 10.1. The Balaban J connectivity index is 1.79. The van der Waals surface area contributed by atoms with Crippen LogP contribution < -0.4 is 5.73 Å². The van der Waals surface area contributed by atoms with Crippen molar-refractivity contribution < 1.29 is 0 Å². The Labute approximate surface area is 129 Å². The van der Waals surface area contributed by atoms with E-state index >= 15 is 0 Å². The topological polar surface area (TPSA) is 41.8 Å². The van der Waals surface area contributed by atoms with Crippen LogP contribution in [0.1, 0.15) is 18.1 Å². The van der Waals surface area contributed by atoms with Crippen LogP contribution in [0.15, 0.2) is 59.6 Å². The normalized spacial score (nSPS) is 12.7. The van der Waals surface area contributed by atoms with Gasteiger partial charge in [0.1, 0.15) is 0 Å². The number of hydrogen-bond acceptors (Lipinski definition) is 2. The van der Waals surface area contributed by atoms with Gasteiger partial charge in [0, 0.05) is 33.8 Å². The molecule has 3 rings (SSSR count). The number of hydrogen-bond donors (Lipinski definition) is 2. The Morgan fingerprint density at radius 2 is 1.95 bits per heavy atom. The van der Waals surface area contributed by atoms with Crippen molar-refractivity contribution in [3.63, 3.8) is 0 Å². The third kappa shape index (κ3) is 3.49. The molecule has 2 aromatic carbocycles. The zero-order chi connectivity index (χ0) is 14.7. The smallest absolute Gasteiger partial charge is 0.0457 e. The van der Waals surface area contributed by atoms with Crippen molar-refractivity contribution in [1.82, 2.24) is 4.98 Å². The first-order valence-corrected chi connectivity index (χ1v) is 8.23. The molecule has 0 saturated carbocycles. The molecule has 0 aliphatic carbocycles. The fourth-order valence-electron chi connectivity index (χ4n) is 2.50. The summed E-state index contributed by atoms with van der Waals surface area (Å²) in [7, 11) is 0. The highest BCUT2D eigenvalue weighted by Gasteiger charge is 2.07. The molecule has 1 aromatic heterocycles. The minimum atomic E-state index is 0.185. The Morgan fingerprint density at radius 3 is 2.71 bits per heavy atom. The number of rotatable bonds is 5. The van der Waals surface area contributed by atoms with E-state index in [0.29, 0.717) is 0 Å². The van der Waals surface area contributed by atoms with Gasteiger partial charge in [-0.2, -0.15) is 0 Å². The van der Waals surface area contributed by atoms with Crippen molar-refractivity contribution in [1.29, 1.82) is 0 Å². The van der Waals surface area contributed by atoms with Gasteiger partial charge in [-0.3, -0.25) is 0 Å². The molecule has 0 saturated heterocycles. The Bertz CT molecular complexity index is 716. The van der Waals surface area contributed by atoms with Crippen molar-refractivity contribution in [3.8, 4) is 0 Å². The van der Waals surface area contributed by atoms with E-state index in [-0.39, 0.29) is 6.04 Å². The second-order valence-electron chi connectivity index (χ2n) is 5.48. The maximum atomic E-state index is 5.93. The van der Waals surface area contributed by atoms with Crippen LogP contribution in [-0.2, 0) is 12.2 Å². The molecule has 0 amide bonds. The second-order valence-corrected chi connectivity index (χ2v) is 6.53. The molecule has 21 heavy (non-hydrogen) atoms. The van der Waals surface area contributed by atoms with Crippen LogP contribution >= 0.6 is 11.8 Å². The SMILES string of the molecule is CC(N)Cc1c[nH]c2ccc(SCc3ccccc3)cc12. The Morgan fingerprint density at radius 1 is 1.14 bits per heavy atom. The molecular weight excluding hydrogens is 276 g/mol. The zero-order valence-corrected chi connectivity index (χ0v) is 13.0. The van der Waals surface area contributed by atoms with Crippen molar-refractivity contribution in [2.75, 3.05) is 0 Å². The van der Waals surface area contributed by atoms with Gasteiger partial charge in [0.25, 0.3) is 0 Å². The Hall–Kier alpha value is -1.71. The van der Waals surface area contributed by atoms with Gasteiger partial charge < -0.3 is 10.7 Å². The lowest BCUT2D eigenvalue weighted by Gasteiger charge is -2.05. The number of nitrogens with one attached hydrogen (secondary N) is 1. The first kappa shape index (κ1) is 14.2. The molecule has 3 N–H and O–H groups in total. The molecule has 0 bridgehead atoms. The van der Waals surface area contributed by atoms with Crippen LogP contribution in [0.5, 0.6) is 0 Å². The fraction of sp³-hybridized carbons (Fsp3) is 0.222. The van der Waals surface area contributed by atoms with E-state index in [4.69, 9.17) is 5.73 Å². The van der Waals surface area contributed by atoms with Gasteiger partial charge in [0.2, 0.25) is 0 Å². The van der Waals surface area contributed by atoms with Crippen LogP contribution in [0.3, 0.4) is 0 Å². The van der Waals surface area contributed by atoms with E-state index in [9.17, 15) is 0 Å². The van der Waals surface area contributed by atoms with E-state index in [1.807, 2.05) is 18.7 Å². The summed E-state index contributed by atoms with van der Waals surface area (Å²) in [5.41, 5.74) is 9.78. The summed E-state index contributed by atoms with van der Waals surface area (Å²) >= 11 is 1.87. The monoisotopic (exact) mass is 296 g/mol. The molecule has 1 unspecified atom stereocenters. The van der Waals surface area contributed by atoms with E-state index in [1.54, 1.807) is 0 Å². The average molecular weight is 296 g/mol. The molecule has 0 spiro atoms. The van der Waals surface area contributed by atoms with Gasteiger partial charge in [-0.25, -0.2) is 0 Å². The van der Waals surface area contributed by atoms with Gasteiger partial charge in [-0.15, -0.1) is 11.8 Å². The summed E-state index contributed by atoms with van der Waals surface area (Å²) in [5, 5.41) is 1.30. The summed E-state index contributed by atoms with van der Waals surface area (Å²) in [5.74, 6) is 0.999. The van der Waals surface area contributed by atoms with Crippen LogP contribution in [0.2, 0.25) is 0 Å². The molecule has 0 radical (unpaired) electrons. The van der Waals surface area contributed by atoms with Crippen molar-refractivity contribution in [3.05, 3.63) is 65.9 Å². The van der Waals surface area contributed by atoms with Gasteiger partial charge in [-0.1, -0.05) is 30.3 Å². The maximum Gasteiger partial charge on any atom is 0.0457 e. The number of fused-ring (bicyclic) bond motifs is 1. The average Bonchev–Trinajstić information content (AvgIpc) is 2.88. The van der Waals surface area contributed by atoms with Crippen LogP contribution in [-0.4, -0.2) is 11.0 Å². The van der Waals surface area contributed by atoms with Crippen LogP contribution in [0.25, 0.3) is 10.9 Å². The molecule has 0 fully saturated rings. The molecule has 0 aliphatic rings. The minimum Gasteiger partial charge on any atom is -0.361 e. The highest BCUT2D eigenvalue weighted by molar-refractivity contribution is 7.98. The number of thioether (sulfide) groups is 1. The molecule has 1 atom stereocenters. The fourth-order valence-corrected chi connectivity index (χ4v) is 3.40. The number of H-pyrrole nitrogens is 1. The number of aromatic amines is 1. The third-order valence-corrected chi connectivity index (χ3v) is 4.59. The molecule has 108 valence electrons. The molecule has 0 aliphatic heterocycles. The zero-order valence-electron chi connectivity index (χ0n) is 12.2. The number of aromatic nitrogens is 1. The predicted octanol–water partition coefficient (Wildman–Crippen LogP) is 4.35. The molecular formula is C18H20N2S. The van der Waals surface area contributed by atoms with Gasteiger partial charge in [0.15, 0.2) is 0 Å². The molecule has 2 nitrogen and oxygen atoms in total. The van der Waals surface area contributed by atoms with Crippen molar-refractivity contribution >= 4 is 22.7 Å². The maximum absolute atomic E-state index is 5.93. The first-order chi connectivity index (χ1) is 10.2. The molecule has 3 aromatic rings.